The van der Waals surface area contributed by atoms with Crippen LogP contribution in [0.3, 0.4) is 0 Å². The minimum absolute atomic E-state index is 0.508. The van der Waals surface area contributed by atoms with Crippen molar-refractivity contribution in [3.8, 4) is 6.07 Å². The van der Waals surface area contributed by atoms with Gasteiger partial charge in [-0.1, -0.05) is 18.2 Å². The Kier molecular flexibility index (Phi) is 3.44. The molecule has 1 aliphatic carbocycles. The first-order valence-corrected chi connectivity index (χ1v) is 8.11. The van der Waals surface area contributed by atoms with E-state index in [-0.39, 0.29) is 0 Å². The minimum Gasteiger partial charge on any atom is -0.368 e. The summed E-state index contributed by atoms with van der Waals surface area (Å²) in [5.74, 6) is 0.957. The molecule has 0 radical (unpaired) electrons. The van der Waals surface area contributed by atoms with Crippen molar-refractivity contribution in [2.45, 2.75) is 12.8 Å². The summed E-state index contributed by atoms with van der Waals surface area (Å²) in [6.45, 7) is 5.58. The molecule has 4 rings (SSSR count). The third-order valence-corrected chi connectivity index (χ3v) is 4.74. The lowest BCUT2D eigenvalue weighted by molar-refractivity contribution is 0.248. The Morgan fingerprint density at radius 2 is 1.91 bits per heavy atom. The molecule has 1 aromatic heterocycles. The zero-order valence-electron chi connectivity index (χ0n) is 12.7. The van der Waals surface area contributed by atoms with Crippen molar-refractivity contribution in [2.24, 2.45) is 5.92 Å². The van der Waals surface area contributed by atoms with Crippen molar-refractivity contribution in [3.05, 3.63) is 36.0 Å². The number of nitriles is 1. The molecule has 0 N–H and O–H groups in total. The van der Waals surface area contributed by atoms with Crippen LogP contribution in [0.1, 0.15) is 18.5 Å². The van der Waals surface area contributed by atoms with Gasteiger partial charge in [-0.15, -0.1) is 0 Å². The maximum atomic E-state index is 9.23. The molecule has 1 aliphatic heterocycles. The summed E-state index contributed by atoms with van der Waals surface area (Å²) in [7, 11) is 0. The van der Waals surface area contributed by atoms with Gasteiger partial charge >= 0.3 is 0 Å². The Hall–Kier alpha value is -2.12. The van der Waals surface area contributed by atoms with Crippen LogP contribution in [0.2, 0.25) is 0 Å². The highest BCUT2D eigenvalue weighted by Gasteiger charge is 2.26. The fraction of sp³-hybridized carbons (Fsp3) is 0.444. The van der Waals surface area contributed by atoms with Gasteiger partial charge < -0.3 is 4.90 Å². The normalized spacial score (nSPS) is 19.3. The van der Waals surface area contributed by atoms with Gasteiger partial charge in [0.05, 0.1) is 5.52 Å². The Bertz CT molecular complexity index is 721. The molecule has 1 saturated heterocycles. The van der Waals surface area contributed by atoms with E-state index in [0.29, 0.717) is 5.69 Å². The van der Waals surface area contributed by atoms with E-state index in [1.807, 2.05) is 24.3 Å². The molecule has 4 nitrogen and oxygen atoms in total. The molecule has 22 heavy (non-hydrogen) atoms. The van der Waals surface area contributed by atoms with Gasteiger partial charge in [0.1, 0.15) is 11.8 Å². The third kappa shape index (κ3) is 2.65. The van der Waals surface area contributed by atoms with Crippen molar-refractivity contribution < 1.29 is 0 Å². The standard InChI is InChI=1S/C18H20N4/c19-12-15-11-18(16-3-1-2-4-17(16)20-15)22-9-7-21(8-10-22)13-14-5-6-14/h1-4,11,14H,5-10,13H2. The van der Waals surface area contributed by atoms with Gasteiger partial charge in [-0.3, -0.25) is 4.90 Å². The zero-order valence-corrected chi connectivity index (χ0v) is 12.7. The summed E-state index contributed by atoms with van der Waals surface area (Å²) in [5.41, 5.74) is 2.58. The third-order valence-electron chi connectivity index (χ3n) is 4.74. The summed E-state index contributed by atoms with van der Waals surface area (Å²) in [6.07, 6.45) is 2.83. The molecule has 1 aromatic carbocycles. The number of nitrogens with zero attached hydrogens (tertiary/aromatic N) is 4. The van der Waals surface area contributed by atoms with Crippen molar-refractivity contribution in [1.82, 2.24) is 9.88 Å². The summed E-state index contributed by atoms with van der Waals surface area (Å²) in [5, 5.41) is 10.4. The molecule has 1 saturated carbocycles. The van der Waals surface area contributed by atoms with Gasteiger partial charge in [0.2, 0.25) is 0 Å². The molecule has 0 atom stereocenters. The monoisotopic (exact) mass is 292 g/mol. The van der Waals surface area contributed by atoms with E-state index in [4.69, 9.17) is 0 Å². The van der Waals surface area contributed by atoms with Crippen LogP contribution in [0.5, 0.6) is 0 Å². The maximum absolute atomic E-state index is 9.23. The highest BCUT2D eigenvalue weighted by molar-refractivity contribution is 5.92. The van der Waals surface area contributed by atoms with E-state index in [1.54, 1.807) is 0 Å². The van der Waals surface area contributed by atoms with E-state index in [1.165, 1.54) is 19.4 Å². The Morgan fingerprint density at radius 3 is 2.64 bits per heavy atom. The smallest absolute Gasteiger partial charge is 0.143 e. The van der Waals surface area contributed by atoms with Gasteiger partial charge in [-0.2, -0.15) is 5.26 Å². The first kappa shape index (κ1) is 13.5. The average molecular weight is 292 g/mol. The average Bonchev–Trinajstić information content (AvgIpc) is 3.38. The minimum atomic E-state index is 0.508. The first-order chi connectivity index (χ1) is 10.8. The second-order valence-corrected chi connectivity index (χ2v) is 6.39. The largest absolute Gasteiger partial charge is 0.368 e. The Morgan fingerprint density at radius 1 is 1.14 bits per heavy atom. The van der Waals surface area contributed by atoms with E-state index >= 15 is 0 Å². The molecular weight excluding hydrogens is 272 g/mol. The van der Waals surface area contributed by atoms with E-state index in [9.17, 15) is 5.26 Å². The van der Waals surface area contributed by atoms with Gasteiger partial charge in [0.25, 0.3) is 0 Å². The maximum Gasteiger partial charge on any atom is 0.143 e. The number of benzene rings is 1. The number of hydrogen-bond acceptors (Lipinski definition) is 4. The number of para-hydroxylation sites is 1. The second kappa shape index (κ2) is 5.58. The summed E-state index contributed by atoms with van der Waals surface area (Å²) in [4.78, 5) is 9.41. The SMILES string of the molecule is N#Cc1cc(N2CCN(CC3CC3)CC2)c2ccccc2n1. The van der Waals surface area contributed by atoms with Crippen LogP contribution in [0, 0.1) is 17.2 Å². The Labute approximate surface area is 131 Å². The lowest BCUT2D eigenvalue weighted by Crippen LogP contribution is -2.47. The molecule has 0 amide bonds. The number of pyridine rings is 1. The number of aromatic nitrogens is 1. The van der Waals surface area contributed by atoms with Gasteiger partial charge in [-0.25, -0.2) is 4.98 Å². The molecular formula is C18H20N4. The summed E-state index contributed by atoms with van der Waals surface area (Å²) < 4.78 is 0. The van der Waals surface area contributed by atoms with Crippen molar-refractivity contribution in [3.63, 3.8) is 0 Å². The number of hydrogen-bond donors (Lipinski definition) is 0. The van der Waals surface area contributed by atoms with Crippen molar-refractivity contribution >= 4 is 16.6 Å². The Balaban J connectivity index is 1.59. The fourth-order valence-electron chi connectivity index (χ4n) is 3.31. The van der Waals surface area contributed by atoms with E-state index < -0.39 is 0 Å². The molecule has 2 fully saturated rings. The highest BCUT2D eigenvalue weighted by Crippen LogP contribution is 2.31. The van der Waals surface area contributed by atoms with Crippen molar-refractivity contribution in [2.75, 3.05) is 37.6 Å². The van der Waals surface area contributed by atoms with E-state index in [2.05, 4.69) is 26.9 Å². The van der Waals surface area contributed by atoms with Crippen LogP contribution in [0.15, 0.2) is 30.3 Å². The summed E-state index contributed by atoms with van der Waals surface area (Å²) >= 11 is 0. The fourth-order valence-corrected chi connectivity index (χ4v) is 3.31. The predicted molar refractivity (Wildman–Crippen MR) is 87.8 cm³/mol. The number of rotatable bonds is 3. The number of anilines is 1. The highest BCUT2D eigenvalue weighted by atomic mass is 15.3. The van der Waals surface area contributed by atoms with Crippen LogP contribution in [0.25, 0.3) is 10.9 Å². The molecule has 0 unspecified atom stereocenters. The predicted octanol–water partition coefficient (Wildman–Crippen LogP) is 2.64. The zero-order chi connectivity index (χ0) is 14.9. The quantitative estimate of drug-likeness (QED) is 0.872. The lowest BCUT2D eigenvalue weighted by Gasteiger charge is -2.36. The number of piperazine rings is 1. The molecule has 2 aliphatic rings. The van der Waals surface area contributed by atoms with Gasteiger partial charge in [-0.05, 0) is 30.9 Å². The topological polar surface area (TPSA) is 43.2 Å². The second-order valence-electron chi connectivity index (χ2n) is 6.39. The molecule has 0 spiro atoms. The molecule has 112 valence electrons. The molecule has 4 heteroatoms. The molecule has 2 aromatic rings. The molecule has 2 heterocycles. The van der Waals surface area contributed by atoms with E-state index in [0.717, 1.165) is 48.7 Å². The summed E-state index contributed by atoms with van der Waals surface area (Å²) in [6, 6.07) is 12.3. The van der Waals surface area contributed by atoms with Crippen LogP contribution < -0.4 is 4.90 Å². The van der Waals surface area contributed by atoms with Gasteiger partial charge in [0, 0.05) is 43.8 Å². The first-order valence-electron chi connectivity index (χ1n) is 8.11. The molecule has 0 bridgehead atoms. The lowest BCUT2D eigenvalue weighted by atomic mass is 10.1. The van der Waals surface area contributed by atoms with Crippen molar-refractivity contribution in [1.29, 1.82) is 5.26 Å². The van der Waals surface area contributed by atoms with Crippen LogP contribution in [-0.4, -0.2) is 42.6 Å². The van der Waals surface area contributed by atoms with Gasteiger partial charge in [0.15, 0.2) is 0 Å². The van der Waals surface area contributed by atoms with Crippen LogP contribution in [0.4, 0.5) is 5.69 Å². The number of fused-ring (bicyclic) bond motifs is 1. The van der Waals surface area contributed by atoms with Crippen LogP contribution >= 0.6 is 0 Å². The van der Waals surface area contributed by atoms with Crippen LogP contribution in [-0.2, 0) is 0 Å².